The lowest BCUT2D eigenvalue weighted by atomic mass is 9.94. The van der Waals surface area contributed by atoms with Crippen molar-refractivity contribution in [2.24, 2.45) is 0 Å². The number of hydrogen-bond donors (Lipinski definition) is 8. The van der Waals surface area contributed by atoms with E-state index >= 15 is 0 Å². The van der Waals surface area contributed by atoms with E-state index in [2.05, 4.69) is 10.6 Å². The van der Waals surface area contributed by atoms with Gasteiger partial charge in [-0.15, -0.1) is 0 Å². The fourth-order valence-corrected chi connectivity index (χ4v) is 3.25. The van der Waals surface area contributed by atoms with Crippen molar-refractivity contribution in [3.05, 3.63) is 0 Å². The molecule has 0 aromatic heterocycles. The Balaban J connectivity index is 2.19. The number of aliphatic hydroxyl groups excluding tert-OH is 6. The smallest absolute Gasteiger partial charge is 0.217 e. The fourth-order valence-electron chi connectivity index (χ4n) is 3.25. The number of aliphatic hydroxyl groups is 6. The van der Waals surface area contributed by atoms with Crippen molar-refractivity contribution in [3.8, 4) is 0 Å². The van der Waals surface area contributed by atoms with Crippen LogP contribution in [-0.4, -0.2) is 118 Å². The zero-order valence-electron chi connectivity index (χ0n) is 15.0. The molecule has 8 N–H and O–H groups in total. The van der Waals surface area contributed by atoms with E-state index < -0.39 is 80.4 Å². The molecule has 12 heteroatoms. The van der Waals surface area contributed by atoms with Crippen molar-refractivity contribution >= 4 is 5.91 Å². The molecule has 2 aliphatic rings. The van der Waals surface area contributed by atoms with Crippen molar-refractivity contribution in [1.82, 2.24) is 10.6 Å². The summed E-state index contributed by atoms with van der Waals surface area (Å²) in [5.41, 5.74) is 0. The van der Waals surface area contributed by atoms with Crippen LogP contribution >= 0.6 is 0 Å². The summed E-state index contributed by atoms with van der Waals surface area (Å²) in [5.74, 6) is -0.433. The molecule has 2 heterocycles. The highest BCUT2D eigenvalue weighted by Gasteiger charge is 2.50. The van der Waals surface area contributed by atoms with E-state index in [0.717, 1.165) is 0 Å². The standard InChI is InChI=1S/C15H28N2O10/c1-5(20)17-8-10(22)13(7(4-19)25-14(8)16-2)27-15-12(24)11(23)9(21)6(3-18)26-15/h6-16,18-19,21-24H,3-4H2,1-2H3,(H,17,20)/t6?,7?,8?,9-,10?,11?,12?,13+,14+,15-/m0/s1. The van der Waals surface area contributed by atoms with E-state index in [-0.39, 0.29) is 0 Å². The summed E-state index contributed by atoms with van der Waals surface area (Å²) in [6.45, 7) is 0.0590. The van der Waals surface area contributed by atoms with E-state index in [4.69, 9.17) is 14.2 Å². The third-order valence-electron chi connectivity index (χ3n) is 4.69. The molecule has 0 radical (unpaired) electrons. The van der Waals surface area contributed by atoms with E-state index in [1.54, 1.807) is 7.05 Å². The van der Waals surface area contributed by atoms with Gasteiger partial charge in [0.05, 0.1) is 19.3 Å². The van der Waals surface area contributed by atoms with Crippen molar-refractivity contribution in [2.45, 2.75) is 68.2 Å². The Morgan fingerprint density at radius 3 is 2.11 bits per heavy atom. The van der Waals surface area contributed by atoms with Crippen LogP contribution in [0, 0.1) is 0 Å². The van der Waals surface area contributed by atoms with Crippen LogP contribution in [0.1, 0.15) is 6.92 Å². The Bertz CT molecular complexity index is 495. The predicted molar refractivity (Wildman–Crippen MR) is 87.1 cm³/mol. The largest absolute Gasteiger partial charge is 0.394 e. The number of likely N-dealkylation sites (N-methyl/N-ethyl adjacent to an activating group) is 1. The van der Waals surface area contributed by atoms with Gasteiger partial charge < -0.3 is 50.2 Å². The molecule has 2 aliphatic heterocycles. The van der Waals surface area contributed by atoms with E-state index in [0.29, 0.717) is 0 Å². The molecular weight excluding hydrogens is 368 g/mol. The van der Waals surface area contributed by atoms with Gasteiger partial charge in [0.15, 0.2) is 6.29 Å². The lowest BCUT2D eigenvalue weighted by Crippen LogP contribution is -2.69. The Kier molecular flexibility index (Phi) is 7.88. The third kappa shape index (κ3) is 4.74. The number of amides is 1. The maximum Gasteiger partial charge on any atom is 0.217 e. The Hall–Kier alpha value is -0.930. The molecule has 6 unspecified atom stereocenters. The summed E-state index contributed by atoms with van der Waals surface area (Å²) in [6, 6.07) is -0.940. The first kappa shape index (κ1) is 22.4. The van der Waals surface area contributed by atoms with Crippen molar-refractivity contribution in [1.29, 1.82) is 0 Å². The highest BCUT2D eigenvalue weighted by molar-refractivity contribution is 5.73. The molecule has 0 aromatic rings. The van der Waals surface area contributed by atoms with Gasteiger partial charge in [-0.25, -0.2) is 0 Å². The molecule has 0 bridgehead atoms. The molecule has 2 saturated heterocycles. The van der Waals surface area contributed by atoms with Gasteiger partial charge in [-0.3, -0.25) is 10.1 Å². The number of nitrogens with one attached hydrogen (secondary N) is 2. The van der Waals surface area contributed by atoms with Crippen LogP contribution < -0.4 is 10.6 Å². The molecule has 2 rings (SSSR count). The van der Waals surface area contributed by atoms with Gasteiger partial charge in [-0.2, -0.15) is 0 Å². The minimum atomic E-state index is -1.68. The summed E-state index contributed by atoms with van der Waals surface area (Å²) >= 11 is 0. The van der Waals surface area contributed by atoms with Gasteiger partial charge in [0.25, 0.3) is 0 Å². The normalized spacial score (nSPS) is 45.5. The van der Waals surface area contributed by atoms with Gasteiger partial charge in [0.1, 0.15) is 49.0 Å². The number of ether oxygens (including phenoxy) is 3. The Morgan fingerprint density at radius 1 is 0.963 bits per heavy atom. The van der Waals surface area contributed by atoms with E-state index in [1.165, 1.54) is 6.92 Å². The monoisotopic (exact) mass is 396 g/mol. The minimum absolute atomic E-state index is 0.433. The van der Waals surface area contributed by atoms with Crippen LogP contribution in [0.2, 0.25) is 0 Å². The summed E-state index contributed by atoms with van der Waals surface area (Å²) in [4.78, 5) is 11.4. The molecule has 12 nitrogen and oxygen atoms in total. The number of rotatable bonds is 6. The molecule has 2 fully saturated rings. The zero-order valence-corrected chi connectivity index (χ0v) is 15.0. The second-order valence-electron chi connectivity index (χ2n) is 6.58. The van der Waals surface area contributed by atoms with Crippen molar-refractivity contribution in [3.63, 3.8) is 0 Å². The second kappa shape index (κ2) is 9.52. The molecule has 0 spiro atoms. The molecule has 10 atom stereocenters. The van der Waals surface area contributed by atoms with Gasteiger partial charge in [0, 0.05) is 6.92 Å². The van der Waals surface area contributed by atoms with Crippen LogP contribution in [0.5, 0.6) is 0 Å². The summed E-state index contributed by atoms with van der Waals surface area (Å²) in [6.07, 6.45) is -12.1. The lowest BCUT2D eigenvalue weighted by Gasteiger charge is -2.47. The number of carbonyl (C=O) groups excluding carboxylic acids is 1. The Labute approximate surface area is 155 Å². The van der Waals surface area contributed by atoms with E-state index in [9.17, 15) is 35.4 Å². The lowest BCUT2D eigenvalue weighted by molar-refractivity contribution is -0.336. The number of hydrogen-bond acceptors (Lipinski definition) is 11. The average Bonchev–Trinajstić information content (AvgIpc) is 2.64. The third-order valence-corrected chi connectivity index (χ3v) is 4.69. The topological polar surface area (TPSA) is 190 Å². The van der Waals surface area contributed by atoms with E-state index in [1.807, 2.05) is 0 Å². The zero-order chi connectivity index (χ0) is 20.3. The first-order valence-corrected chi connectivity index (χ1v) is 8.59. The molecule has 1 amide bonds. The van der Waals surface area contributed by atoms with Crippen molar-refractivity contribution < 1.29 is 49.6 Å². The SMILES string of the molecule is CN[C@@H]1OC(CO)[C@@H](O[C@@H]2OC(CO)[C@H](O)C(O)C2O)C(O)C1NC(C)=O. The Morgan fingerprint density at radius 2 is 1.59 bits per heavy atom. The quantitative estimate of drug-likeness (QED) is 0.214. The fraction of sp³-hybridized carbons (Fsp3) is 0.933. The summed E-state index contributed by atoms with van der Waals surface area (Å²) < 4.78 is 16.4. The molecule has 0 saturated carbocycles. The van der Waals surface area contributed by atoms with Gasteiger partial charge >= 0.3 is 0 Å². The molecule has 27 heavy (non-hydrogen) atoms. The predicted octanol–water partition coefficient (Wildman–Crippen LogP) is -5.03. The van der Waals surface area contributed by atoms with Crippen LogP contribution in [0.4, 0.5) is 0 Å². The van der Waals surface area contributed by atoms with Gasteiger partial charge in [0.2, 0.25) is 5.91 Å². The van der Waals surface area contributed by atoms with Gasteiger partial charge in [-0.05, 0) is 7.05 Å². The highest BCUT2D eigenvalue weighted by Crippen LogP contribution is 2.28. The molecule has 0 aliphatic carbocycles. The molecular formula is C15H28N2O10. The average molecular weight is 396 g/mol. The first-order valence-electron chi connectivity index (χ1n) is 8.59. The maximum absolute atomic E-state index is 11.4. The van der Waals surface area contributed by atoms with Crippen LogP contribution in [0.15, 0.2) is 0 Å². The second-order valence-corrected chi connectivity index (χ2v) is 6.58. The maximum atomic E-state index is 11.4. The number of carbonyl (C=O) groups is 1. The van der Waals surface area contributed by atoms with Gasteiger partial charge in [-0.1, -0.05) is 0 Å². The highest BCUT2D eigenvalue weighted by atomic mass is 16.7. The van der Waals surface area contributed by atoms with Crippen molar-refractivity contribution in [2.75, 3.05) is 20.3 Å². The van der Waals surface area contributed by atoms with Crippen LogP contribution in [-0.2, 0) is 19.0 Å². The minimum Gasteiger partial charge on any atom is -0.394 e. The van der Waals surface area contributed by atoms with Crippen LogP contribution in [0.3, 0.4) is 0 Å². The first-order chi connectivity index (χ1) is 12.7. The summed E-state index contributed by atoms with van der Waals surface area (Å²) in [5, 5.41) is 64.6. The molecule has 0 aromatic carbocycles. The van der Waals surface area contributed by atoms with Crippen LogP contribution in [0.25, 0.3) is 0 Å². The summed E-state index contributed by atoms with van der Waals surface area (Å²) in [7, 11) is 1.54. The molecule has 158 valence electrons.